The van der Waals surface area contributed by atoms with E-state index in [9.17, 15) is 4.79 Å². The first kappa shape index (κ1) is 15.1. The van der Waals surface area contributed by atoms with Crippen molar-refractivity contribution in [2.24, 2.45) is 0 Å². The molecule has 2 rings (SSSR count). The van der Waals surface area contributed by atoms with Gasteiger partial charge in [0.05, 0.1) is 12.8 Å². The molecule has 1 amide bonds. The lowest BCUT2D eigenvalue weighted by Gasteiger charge is -2.05. The molecule has 0 aliphatic heterocycles. The minimum absolute atomic E-state index is 0.0552. The summed E-state index contributed by atoms with van der Waals surface area (Å²) in [5, 5.41) is 15.7. The monoisotopic (exact) mass is 289 g/mol. The van der Waals surface area contributed by atoms with Crippen molar-refractivity contribution in [3.63, 3.8) is 0 Å². The fraction of sp³-hybridized carbons (Fsp3) is 0.333. The molecule has 0 fully saturated rings. The average Bonchev–Trinajstić information content (AvgIpc) is 2.89. The Kier molecular flexibility index (Phi) is 4.94. The topological polar surface area (TPSA) is 76.4 Å². The number of aliphatic hydroxyl groups is 1. The van der Waals surface area contributed by atoms with Gasteiger partial charge in [-0.05, 0) is 43.7 Å². The summed E-state index contributed by atoms with van der Waals surface area (Å²) in [7, 11) is 1.61. The van der Waals surface area contributed by atoms with Crippen LogP contribution in [0.5, 0.6) is 5.75 Å². The summed E-state index contributed by atoms with van der Waals surface area (Å²) in [6.45, 7) is 2.38. The zero-order valence-corrected chi connectivity index (χ0v) is 12.2. The summed E-state index contributed by atoms with van der Waals surface area (Å²) in [4.78, 5) is 11.9. The van der Waals surface area contributed by atoms with Crippen LogP contribution >= 0.6 is 0 Å². The van der Waals surface area contributed by atoms with Crippen LogP contribution in [0.1, 0.15) is 22.6 Å². The van der Waals surface area contributed by atoms with Gasteiger partial charge in [0.2, 0.25) is 0 Å². The Morgan fingerprint density at radius 3 is 2.71 bits per heavy atom. The second-order valence-corrected chi connectivity index (χ2v) is 4.61. The second-order valence-electron chi connectivity index (χ2n) is 4.61. The van der Waals surface area contributed by atoms with Gasteiger partial charge in [-0.1, -0.05) is 0 Å². The molecule has 2 aromatic rings. The van der Waals surface area contributed by atoms with Crippen LogP contribution in [0.25, 0.3) is 5.69 Å². The van der Waals surface area contributed by atoms with Gasteiger partial charge in [0.1, 0.15) is 5.75 Å². The summed E-state index contributed by atoms with van der Waals surface area (Å²) in [6, 6.07) is 9.19. The van der Waals surface area contributed by atoms with Crippen LogP contribution in [0, 0.1) is 6.92 Å². The highest BCUT2D eigenvalue weighted by atomic mass is 16.5. The lowest BCUT2D eigenvalue weighted by molar-refractivity contribution is 0.0945. The average molecular weight is 289 g/mol. The first-order valence-corrected chi connectivity index (χ1v) is 6.76. The van der Waals surface area contributed by atoms with Crippen LogP contribution in [-0.4, -0.2) is 41.1 Å². The number of nitrogens with one attached hydrogen (secondary N) is 1. The quantitative estimate of drug-likeness (QED) is 0.786. The minimum atomic E-state index is -0.237. The number of aliphatic hydroxyl groups excluding tert-OH is 1. The first-order valence-electron chi connectivity index (χ1n) is 6.76. The molecular weight excluding hydrogens is 270 g/mol. The molecule has 0 atom stereocenters. The number of carbonyl (C=O) groups is 1. The number of hydrogen-bond donors (Lipinski definition) is 2. The van der Waals surface area contributed by atoms with Crippen molar-refractivity contribution >= 4 is 5.91 Å². The number of ether oxygens (including phenoxy) is 1. The van der Waals surface area contributed by atoms with Crippen molar-refractivity contribution in [3.8, 4) is 11.4 Å². The summed E-state index contributed by atoms with van der Waals surface area (Å²) in [6.07, 6.45) is 0.532. The summed E-state index contributed by atoms with van der Waals surface area (Å²) in [5.74, 6) is 0.532. The first-order chi connectivity index (χ1) is 10.2. The Balaban J connectivity index is 2.16. The van der Waals surface area contributed by atoms with E-state index in [-0.39, 0.29) is 12.5 Å². The van der Waals surface area contributed by atoms with E-state index in [1.54, 1.807) is 17.9 Å². The number of amides is 1. The van der Waals surface area contributed by atoms with E-state index in [4.69, 9.17) is 9.84 Å². The number of aryl methyl sites for hydroxylation is 1. The van der Waals surface area contributed by atoms with E-state index >= 15 is 0 Å². The van der Waals surface area contributed by atoms with E-state index in [0.29, 0.717) is 18.7 Å². The number of hydrogen-bond acceptors (Lipinski definition) is 4. The zero-order valence-electron chi connectivity index (χ0n) is 12.2. The van der Waals surface area contributed by atoms with Crippen molar-refractivity contribution in [2.75, 3.05) is 20.3 Å². The molecule has 0 saturated carbocycles. The van der Waals surface area contributed by atoms with Crippen LogP contribution in [0.4, 0.5) is 0 Å². The predicted molar refractivity (Wildman–Crippen MR) is 78.9 cm³/mol. The molecule has 2 N–H and O–H groups in total. The van der Waals surface area contributed by atoms with E-state index < -0.39 is 0 Å². The number of nitrogens with zero attached hydrogens (tertiary/aromatic N) is 2. The Morgan fingerprint density at radius 1 is 1.38 bits per heavy atom. The molecule has 112 valence electrons. The third kappa shape index (κ3) is 3.61. The van der Waals surface area contributed by atoms with Crippen molar-refractivity contribution < 1.29 is 14.6 Å². The van der Waals surface area contributed by atoms with Gasteiger partial charge in [0.15, 0.2) is 5.69 Å². The SMILES string of the molecule is COc1ccc(-n2nc(C(=O)NCCCO)cc2C)cc1. The van der Waals surface area contributed by atoms with E-state index in [1.807, 2.05) is 31.2 Å². The van der Waals surface area contributed by atoms with E-state index in [1.165, 1.54) is 0 Å². The Bertz CT molecular complexity index is 605. The molecule has 1 aromatic carbocycles. The smallest absolute Gasteiger partial charge is 0.271 e. The molecular formula is C15H19N3O3. The van der Waals surface area contributed by atoms with Gasteiger partial charge < -0.3 is 15.2 Å². The maximum Gasteiger partial charge on any atom is 0.271 e. The van der Waals surface area contributed by atoms with E-state index in [0.717, 1.165) is 17.1 Å². The fourth-order valence-electron chi connectivity index (χ4n) is 1.94. The number of rotatable bonds is 6. The molecule has 6 nitrogen and oxygen atoms in total. The standard InChI is InChI=1S/C15H19N3O3/c1-11-10-14(15(20)16-8-3-9-19)17-18(11)12-4-6-13(21-2)7-5-12/h4-7,10,19H,3,8-9H2,1-2H3,(H,16,20). The molecule has 6 heteroatoms. The fourth-order valence-corrected chi connectivity index (χ4v) is 1.94. The van der Waals surface area contributed by atoms with Gasteiger partial charge in [-0.15, -0.1) is 0 Å². The Hall–Kier alpha value is -2.34. The molecule has 21 heavy (non-hydrogen) atoms. The van der Waals surface area contributed by atoms with Gasteiger partial charge in [0.25, 0.3) is 5.91 Å². The van der Waals surface area contributed by atoms with Crippen LogP contribution < -0.4 is 10.1 Å². The summed E-state index contributed by atoms with van der Waals surface area (Å²) in [5.41, 5.74) is 2.09. The molecule has 0 radical (unpaired) electrons. The van der Waals surface area contributed by atoms with Crippen molar-refractivity contribution in [2.45, 2.75) is 13.3 Å². The summed E-state index contributed by atoms with van der Waals surface area (Å²) >= 11 is 0. The zero-order chi connectivity index (χ0) is 15.2. The van der Waals surface area contributed by atoms with Crippen molar-refractivity contribution in [3.05, 3.63) is 41.7 Å². The molecule has 0 aliphatic carbocycles. The van der Waals surface area contributed by atoms with Gasteiger partial charge in [-0.25, -0.2) is 4.68 Å². The Labute approximate surface area is 123 Å². The van der Waals surface area contributed by atoms with Crippen molar-refractivity contribution in [1.82, 2.24) is 15.1 Å². The molecule has 0 spiro atoms. The number of benzene rings is 1. The highest BCUT2D eigenvalue weighted by Crippen LogP contribution is 2.16. The maximum atomic E-state index is 11.9. The second kappa shape index (κ2) is 6.90. The molecule has 0 saturated heterocycles. The van der Waals surface area contributed by atoms with Crippen LogP contribution in [0.15, 0.2) is 30.3 Å². The van der Waals surface area contributed by atoms with Crippen LogP contribution in [-0.2, 0) is 0 Å². The maximum absolute atomic E-state index is 11.9. The van der Waals surface area contributed by atoms with Gasteiger partial charge in [0, 0.05) is 18.8 Å². The molecule has 0 bridgehead atoms. The lowest BCUT2D eigenvalue weighted by Crippen LogP contribution is -2.25. The summed E-state index contributed by atoms with van der Waals surface area (Å²) < 4.78 is 6.83. The van der Waals surface area contributed by atoms with Crippen molar-refractivity contribution in [1.29, 1.82) is 0 Å². The molecule has 1 aromatic heterocycles. The molecule has 1 heterocycles. The highest BCUT2D eigenvalue weighted by molar-refractivity contribution is 5.92. The van der Waals surface area contributed by atoms with Gasteiger partial charge >= 0.3 is 0 Å². The largest absolute Gasteiger partial charge is 0.497 e. The minimum Gasteiger partial charge on any atom is -0.497 e. The predicted octanol–water partition coefficient (Wildman–Crippen LogP) is 1.30. The third-order valence-electron chi connectivity index (χ3n) is 3.06. The van der Waals surface area contributed by atoms with Gasteiger partial charge in [-0.3, -0.25) is 4.79 Å². The highest BCUT2D eigenvalue weighted by Gasteiger charge is 2.12. The lowest BCUT2D eigenvalue weighted by atomic mass is 10.3. The van der Waals surface area contributed by atoms with E-state index in [2.05, 4.69) is 10.4 Å². The normalized spacial score (nSPS) is 10.4. The number of methoxy groups -OCH3 is 1. The van der Waals surface area contributed by atoms with Crippen LogP contribution in [0.3, 0.4) is 0 Å². The molecule has 0 unspecified atom stereocenters. The number of carbonyl (C=O) groups excluding carboxylic acids is 1. The molecule has 0 aliphatic rings. The third-order valence-corrected chi connectivity index (χ3v) is 3.06. The van der Waals surface area contributed by atoms with Crippen LogP contribution in [0.2, 0.25) is 0 Å². The Morgan fingerprint density at radius 2 is 2.10 bits per heavy atom. The van der Waals surface area contributed by atoms with Gasteiger partial charge in [-0.2, -0.15) is 5.10 Å². The number of aromatic nitrogens is 2.